The Morgan fingerprint density at radius 1 is 1.24 bits per heavy atom. The smallest absolute Gasteiger partial charge is 0.281 e. The van der Waals surface area contributed by atoms with Gasteiger partial charge < -0.3 is 27.1 Å². The number of nitrogens with zero attached hydrogens (tertiary/aromatic N) is 6. The van der Waals surface area contributed by atoms with Crippen molar-refractivity contribution in [3.05, 3.63) is 45.0 Å². The van der Waals surface area contributed by atoms with E-state index in [0.717, 1.165) is 13.1 Å². The van der Waals surface area contributed by atoms with Crippen LogP contribution in [0.2, 0.25) is 5.02 Å². The molecule has 4 rings (SSSR count). The van der Waals surface area contributed by atoms with Crippen molar-refractivity contribution in [3.8, 4) is 6.07 Å². The molecule has 1 aliphatic rings. The first-order chi connectivity index (χ1) is 16.3. The number of benzene rings is 1. The Kier molecular flexibility index (Phi) is 6.72. The van der Waals surface area contributed by atoms with Crippen molar-refractivity contribution in [2.24, 2.45) is 5.92 Å². The number of hydrogen-bond acceptors (Lipinski definition) is 10. The van der Waals surface area contributed by atoms with Gasteiger partial charge in [0.05, 0.1) is 22.0 Å². The van der Waals surface area contributed by atoms with Gasteiger partial charge in [-0.25, -0.2) is 9.66 Å². The standard InChI is InChI=1S/C22H27ClN10O/c1-12(2)10-16(28-19-13(11-24)18(25)30-22(26)31-19)20-29-15-5-3-4-14(23)17(15)21(34)33(20)32-8-6-27-7-9-32/h3-5,12,16,27H,6-10H2,1-2H3,(H5,25,26,28,30,31). The molecule has 1 atom stereocenters. The Morgan fingerprint density at radius 3 is 2.65 bits per heavy atom. The molecule has 1 fully saturated rings. The highest BCUT2D eigenvalue weighted by molar-refractivity contribution is 6.35. The number of fused-ring (bicyclic) bond motifs is 1. The molecule has 6 N–H and O–H groups in total. The Morgan fingerprint density at radius 2 is 1.97 bits per heavy atom. The van der Waals surface area contributed by atoms with E-state index in [0.29, 0.717) is 41.3 Å². The van der Waals surface area contributed by atoms with Crippen molar-refractivity contribution in [3.63, 3.8) is 0 Å². The minimum Gasteiger partial charge on any atom is -0.382 e. The fourth-order valence-electron chi connectivity index (χ4n) is 4.13. The Labute approximate surface area is 201 Å². The van der Waals surface area contributed by atoms with Gasteiger partial charge in [-0.3, -0.25) is 4.79 Å². The quantitative estimate of drug-likeness (QED) is 0.405. The predicted octanol–water partition coefficient (Wildman–Crippen LogP) is 1.62. The first-order valence-corrected chi connectivity index (χ1v) is 11.4. The minimum absolute atomic E-state index is 0.0152. The van der Waals surface area contributed by atoms with Crippen LogP contribution in [-0.2, 0) is 0 Å². The summed E-state index contributed by atoms with van der Waals surface area (Å²) in [7, 11) is 0. The summed E-state index contributed by atoms with van der Waals surface area (Å²) < 4.78 is 1.61. The van der Waals surface area contributed by atoms with Gasteiger partial charge in [-0.15, -0.1) is 0 Å². The molecule has 34 heavy (non-hydrogen) atoms. The Balaban J connectivity index is 1.94. The van der Waals surface area contributed by atoms with Crippen molar-refractivity contribution in [2.45, 2.75) is 26.3 Å². The monoisotopic (exact) mass is 482 g/mol. The molecule has 2 aromatic heterocycles. The van der Waals surface area contributed by atoms with Crippen molar-refractivity contribution >= 4 is 40.1 Å². The van der Waals surface area contributed by atoms with Gasteiger partial charge in [0.1, 0.15) is 17.5 Å². The molecular formula is C22H27ClN10O. The summed E-state index contributed by atoms with van der Waals surface area (Å²) in [6, 6.07) is 6.77. The molecule has 1 aromatic carbocycles. The third-order valence-corrected chi connectivity index (χ3v) is 5.94. The van der Waals surface area contributed by atoms with Crippen LogP contribution in [0.15, 0.2) is 23.0 Å². The lowest BCUT2D eigenvalue weighted by Gasteiger charge is -2.34. The van der Waals surface area contributed by atoms with Crippen LogP contribution >= 0.6 is 11.6 Å². The first kappa shape index (κ1) is 23.5. The summed E-state index contributed by atoms with van der Waals surface area (Å²) in [5.74, 6) is 0.849. The summed E-state index contributed by atoms with van der Waals surface area (Å²) in [5.41, 5.74) is 12.1. The highest BCUT2D eigenvalue weighted by Gasteiger charge is 2.27. The number of aromatic nitrogens is 4. The number of nitrogens with two attached hydrogens (primary N) is 2. The Bertz CT molecular complexity index is 1310. The van der Waals surface area contributed by atoms with Gasteiger partial charge >= 0.3 is 0 Å². The molecule has 1 saturated heterocycles. The highest BCUT2D eigenvalue weighted by atomic mass is 35.5. The molecule has 1 unspecified atom stereocenters. The molecule has 11 nitrogen and oxygen atoms in total. The summed E-state index contributed by atoms with van der Waals surface area (Å²) in [6.45, 7) is 6.83. The molecule has 0 aliphatic carbocycles. The zero-order chi connectivity index (χ0) is 24.4. The molecule has 0 spiro atoms. The van der Waals surface area contributed by atoms with Crippen molar-refractivity contribution in [1.29, 1.82) is 5.26 Å². The zero-order valence-electron chi connectivity index (χ0n) is 19.0. The van der Waals surface area contributed by atoms with E-state index in [1.807, 2.05) is 11.1 Å². The van der Waals surface area contributed by atoms with Crippen molar-refractivity contribution in [1.82, 2.24) is 24.9 Å². The molecule has 0 saturated carbocycles. The van der Waals surface area contributed by atoms with Gasteiger partial charge in [-0.2, -0.15) is 15.2 Å². The Hall–Kier alpha value is -3.62. The van der Waals surface area contributed by atoms with Crippen LogP contribution in [0, 0.1) is 17.2 Å². The van der Waals surface area contributed by atoms with Gasteiger partial charge in [0.15, 0.2) is 11.6 Å². The molecule has 1 aliphatic heterocycles. The lowest BCUT2D eigenvalue weighted by molar-refractivity contribution is 0.437. The molecule has 0 amide bonds. The van der Waals surface area contributed by atoms with Crippen LogP contribution in [0.25, 0.3) is 10.9 Å². The maximum absolute atomic E-state index is 13.8. The number of nitrogens with one attached hydrogen (secondary N) is 2. The fourth-order valence-corrected chi connectivity index (χ4v) is 4.38. The minimum atomic E-state index is -0.480. The maximum atomic E-state index is 13.8. The van der Waals surface area contributed by atoms with Gasteiger partial charge in [0, 0.05) is 26.2 Å². The third kappa shape index (κ3) is 4.55. The number of nitrogen functional groups attached to an aromatic ring is 2. The van der Waals surface area contributed by atoms with E-state index in [1.54, 1.807) is 22.9 Å². The molecule has 0 radical (unpaired) electrons. The molecule has 0 bridgehead atoms. The van der Waals surface area contributed by atoms with Crippen LogP contribution in [0.4, 0.5) is 17.6 Å². The van der Waals surface area contributed by atoms with Crippen molar-refractivity contribution in [2.75, 3.05) is 48.0 Å². The zero-order valence-corrected chi connectivity index (χ0v) is 19.8. The largest absolute Gasteiger partial charge is 0.382 e. The van der Waals surface area contributed by atoms with E-state index < -0.39 is 6.04 Å². The summed E-state index contributed by atoms with van der Waals surface area (Å²) in [5, 5.41) is 18.9. The summed E-state index contributed by atoms with van der Waals surface area (Å²) in [4.78, 5) is 26.8. The number of halogens is 1. The van der Waals surface area contributed by atoms with E-state index in [4.69, 9.17) is 28.1 Å². The lowest BCUT2D eigenvalue weighted by Crippen LogP contribution is -2.54. The lowest BCUT2D eigenvalue weighted by atomic mass is 10.0. The van der Waals surface area contributed by atoms with E-state index in [2.05, 4.69) is 34.4 Å². The maximum Gasteiger partial charge on any atom is 0.281 e. The van der Waals surface area contributed by atoms with Gasteiger partial charge in [0.25, 0.3) is 5.56 Å². The van der Waals surface area contributed by atoms with Crippen LogP contribution in [0.3, 0.4) is 0 Å². The topological polar surface area (TPSA) is 164 Å². The van der Waals surface area contributed by atoms with E-state index in [9.17, 15) is 10.1 Å². The van der Waals surface area contributed by atoms with Gasteiger partial charge in [0.2, 0.25) is 5.95 Å². The molecule has 178 valence electrons. The number of nitriles is 1. The molecule has 12 heteroatoms. The van der Waals surface area contributed by atoms with E-state index in [1.165, 1.54) is 0 Å². The van der Waals surface area contributed by atoms with Crippen LogP contribution in [-0.4, -0.2) is 45.8 Å². The number of hydrogen-bond donors (Lipinski definition) is 4. The summed E-state index contributed by atoms with van der Waals surface area (Å²) >= 11 is 6.41. The second kappa shape index (κ2) is 9.70. The van der Waals surface area contributed by atoms with E-state index >= 15 is 0 Å². The number of anilines is 3. The van der Waals surface area contributed by atoms with Gasteiger partial charge in [-0.1, -0.05) is 31.5 Å². The SMILES string of the molecule is CC(C)CC(Nc1nc(N)nc(N)c1C#N)c1nc2cccc(Cl)c2c(=O)n1N1CCNCC1. The average molecular weight is 483 g/mol. The predicted molar refractivity (Wildman–Crippen MR) is 133 cm³/mol. The second-order valence-electron chi connectivity index (χ2n) is 8.55. The summed E-state index contributed by atoms with van der Waals surface area (Å²) in [6.07, 6.45) is 0.597. The number of rotatable bonds is 6. The third-order valence-electron chi connectivity index (χ3n) is 5.62. The van der Waals surface area contributed by atoms with Gasteiger partial charge in [-0.05, 0) is 24.5 Å². The van der Waals surface area contributed by atoms with Crippen LogP contribution in [0.5, 0.6) is 0 Å². The molecule has 3 aromatic rings. The van der Waals surface area contributed by atoms with Crippen molar-refractivity contribution < 1.29 is 0 Å². The highest BCUT2D eigenvalue weighted by Crippen LogP contribution is 2.29. The first-order valence-electron chi connectivity index (χ1n) is 11.1. The molecule has 3 heterocycles. The fraction of sp³-hybridized carbons (Fsp3) is 0.409. The molecular weight excluding hydrogens is 456 g/mol. The second-order valence-corrected chi connectivity index (χ2v) is 8.96. The average Bonchev–Trinajstić information content (AvgIpc) is 2.78. The normalized spacial score (nSPS) is 14.9. The van der Waals surface area contributed by atoms with Crippen LogP contribution < -0.4 is 32.7 Å². The van der Waals surface area contributed by atoms with E-state index in [-0.39, 0.29) is 34.6 Å². The number of piperazine rings is 1. The van der Waals surface area contributed by atoms with Crippen LogP contribution in [0.1, 0.15) is 37.7 Å².